The number of fused-ring (bicyclic) bond motifs is 1. The van der Waals surface area contributed by atoms with Gasteiger partial charge in [0.05, 0.1) is 17.4 Å². The summed E-state index contributed by atoms with van der Waals surface area (Å²) >= 11 is 0. The maximum atomic E-state index is 13.8. The van der Waals surface area contributed by atoms with Gasteiger partial charge in [0.2, 0.25) is 0 Å². The fraction of sp³-hybridized carbons (Fsp3) is 0.629. The molecule has 1 aliphatic carbocycles. The second-order valence-electron chi connectivity index (χ2n) is 14.1. The van der Waals surface area contributed by atoms with Crippen molar-refractivity contribution in [1.82, 2.24) is 9.88 Å². The third kappa shape index (κ3) is 6.69. The first-order valence-electron chi connectivity index (χ1n) is 16.0. The monoisotopic (exact) mass is 591 g/mol. The normalized spacial score (nSPS) is 19.1. The third-order valence-corrected chi connectivity index (χ3v) is 9.46. The lowest BCUT2D eigenvalue weighted by atomic mass is 9.76. The summed E-state index contributed by atoms with van der Waals surface area (Å²) in [4.78, 5) is 34.4. The number of benzene rings is 1. The number of carboxylic acid groups (broad SMARTS) is 1. The second kappa shape index (κ2) is 12.1. The van der Waals surface area contributed by atoms with Crippen molar-refractivity contribution in [2.75, 3.05) is 24.5 Å². The minimum atomic E-state index is -0.923. The average molecular weight is 592 g/mol. The number of esters is 1. The van der Waals surface area contributed by atoms with Crippen molar-refractivity contribution in [2.45, 2.75) is 118 Å². The van der Waals surface area contributed by atoms with E-state index in [1.54, 1.807) is 0 Å². The van der Waals surface area contributed by atoms with Crippen LogP contribution in [0.2, 0.25) is 0 Å². The van der Waals surface area contributed by atoms with Gasteiger partial charge in [-0.25, -0.2) is 9.59 Å². The summed E-state index contributed by atoms with van der Waals surface area (Å²) in [5.41, 5.74) is 7.60. The molecule has 1 amide bonds. The van der Waals surface area contributed by atoms with Gasteiger partial charge in [0.15, 0.2) is 6.10 Å². The van der Waals surface area contributed by atoms with E-state index < -0.39 is 23.8 Å². The van der Waals surface area contributed by atoms with Crippen LogP contribution in [-0.2, 0) is 27.2 Å². The van der Waals surface area contributed by atoms with Crippen LogP contribution >= 0.6 is 0 Å². The molecular weight excluding hydrogens is 542 g/mol. The van der Waals surface area contributed by atoms with Crippen LogP contribution in [0.1, 0.15) is 107 Å². The second-order valence-corrected chi connectivity index (χ2v) is 14.1. The standard InChI is InChI=1S/C35H49N3O5/c1-22(2)42-32(39)31(43-34(5,6)7)29-24(4)36-23(3)28(30(29)37-18-15-35(16-19-37)13-8-9-14-35)26-10-11-27-21-38(33(40)41)17-12-25(27)20-26/h10-11,20,22,31H,8-9,12-19,21H2,1-7H3,(H,40,41). The van der Waals surface area contributed by atoms with E-state index in [0.29, 0.717) is 24.9 Å². The number of hydrogen-bond acceptors (Lipinski definition) is 6. The Hall–Kier alpha value is -3.13. The third-order valence-electron chi connectivity index (χ3n) is 9.46. The van der Waals surface area contributed by atoms with Crippen molar-refractivity contribution < 1.29 is 24.2 Å². The first kappa shape index (κ1) is 31.3. The number of piperidine rings is 1. The van der Waals surface area contributed by atoms with Gasteiger partial charge >= 0.3 is 12.1 Å². The molecule has 1 N–H and O–H groups in total. The molecule has 2 fully saturated rings. The highest BCUT2D eigenvalue weighted by molar-refractivity contribution is 5.88. The van der Waals surface area contributed by atoms with Gasteiger partial charge in [-0.2, -0.15) is 0 Å². The first-order chi connectivity index (χ1) is 20.3. The van der Waals surface area contributed by atoms with Crippen molar-refractivity contribution >= 4 is 17.7 Å². The van der Waals surface area contributed by atoms with Crippen LogP contribution in [0.5, 0.6) is 0 Å². The SMILES string of the molecule is Cc1nc(C)c(C(OC(C)(C)C)C(=O)OC(C)C)c(N2CCC3(CCCC3)CC2)c1-c1ccc2c(c1)CCN(C(=O)O)C2. The molecule has 1 unspecified atom stereocenters. The summed E-state index contributed by atoms with van der Waals surface area (Å²) in [6.07, 6.45) is 6.12. The Bertz CT molecular complexity index is 1360. The lowest BCUT2D eigenvalue weighted by Gasteiger charge is -2.43. The maximum Gasteiger partial charge on any atom is 0.407 e. The van der Waals surface area contributed by atoms with Gasteiger partial charge in [-0.15, -0.1) is 0 Å². The molecule has 0 radical (unpaired) electrons. The summed E-state index contributed by atoms with van der Waals surface area (Å²) in [6.45, 7) is 16.4. The van der Waals surface area contributed by atoms with Crippen molar-refractivity contribution in [2.24, 2.45) is 5.41 Å². The molecular formula is C35H49N3O5. The van der Waals surface area contributed by atoms with Crippen LogP contribution in [0.4, 0.5) is 10.5 Å². The largest absolute Gasteiger partial charge is 0.465 e. The van der Waals surface area contributed by atoms with Crippen LogP contribution in [0, 0.1) is 19.3 Å². The van der Waals surface area contributed by atoms with Crippen molar-refractivity contribution in [3.63, 3.8) is 0 Å². The van der Waals surface area contributed by atoms with Crippen molar-refractivity contribution in [1.29, 1.82) is 0 Å². The minimum absolute atomic E-state index is 0.275. The number of amides is 1. The molecule has 1 spiro atoms. The molecule has 8 heteroatoms. The predicted molar refractivity (Wildman–Crippen MR) is 168 cm³/mol. The number of rotatable bonds is 6. The Morgan fingerprint density at radius 3 is 2.26 bits per heavy atom. The summed E-state index contributed by atoms with van der Waals surface area (Å²) in [6, 6.07) is 6.35. The number of carbonyl (C=O) groups excluding carboxylic acids is 1. The number of nitrogens with zero attached hydrogens (tertiary/aromatic N) is 3. The number of aromatic nitrogens is 1. The van der Waals surface area contributed by atoms with E-state index in [1.807, 2.05) is 41.5 Å². The zero-order valence-electron chi connectivity index (χ0n) is 27.1. The molecule has 3 aliphatic rings. The summed E-state index contributed by atoms with van der Waals surface area (Å²) in [5, 5.41) is 9.54. The lowest BCUT2D eigenvalue weighted by Crippen LogP contribution is -2.41. The Balaban J connectivity index is 1.67. The Morgan fingerprint density at radius 2 is 1.65 bits per heavy atom. The Labute approximate surface area is 256 Å². The van der Waals surface area contributed by atoms with Gasteiger partial charge in [0.1, 0.15) is 0 Å². The molecule has 43 heavy (non-hydrogen) atoms. The van der Waals surface area contributed by atoms with E-state index in [2.05, 4.69) is 30.0 Å². The maximum absolute atomic E-state index is 13.8. The van der Waals surface area contributed by atoms with Crippen LogP contribution in [0.25, 0.3) is 11.1 Å². The van der Waals surface area contributed by atoms with Crippen LogP contribution in [-0.4, -0.2) is 58.4 Å². The lowest BCUT2D eigenvalue weighted by molar-refractivity contribution is -0.171. The van der Waals surface area contributed by atoms with Crippen LogP contribution in [0.15, 0.2) is 18.2 Å². The zero-order valence-corrected chi connectivity index (χ0v) is 27.1. The number of anilines is 1. The fourth-order valence-corrected chi connectivity index (χ4v) is 7.41. The highest BCUT2D eigenvalue weighted by atomic mass is 16.6. The molecule has 1 saturated carbocycles. The smallest absolute Gasteiger partial charge is 0.407 e. The van der Waals surface area contributed by atoms with Gasteiger partial charge in [-0.05, 0) is 103 Å². The molecule has 0 bridgehead atoms. The molecule has 1 saturated heterocycles. The number of pyridine rings is 1. The van der Waals surface area contributed by atoms with Crippen molar-refractivity contribution in [3.8, 4) is 11.1 Å². The van der Waals surface area contributed by atoms with Crippen molar-refractivity contribution in [3.05, 3.63) is 46.3 Å². The fourth-order valence-electron chi connectivity index (χ4n) is 7.41. The van der Waals surface area contributed by atoms with E-state index in [9.17, 15) is 14.7 Å². The van der Waals surface area contributed by atoms with E-state index in [1.165, 1.54) is 30.6 Å². The molecule has 2 aliphatic heterocycles. The molecule has 5 rings (SSSR count). The summed E-state index contributed by atoms with van der Waals surface area (Å²) in [5.74, 6) is -0.394. The molecule has 2 aromatic rings. The summed E-state index contributed by atoms with van der Waals surface area (Å²) < 4.78 is 12.3. The number of ether oxygens (including phenoxy) is 2. The molecule has 1 aromatic heterocycles. The van der Waals surface area contributed by atoms with Crippen LogP contribution in [0.3, 0.4) is 0 Å². The van der Waals surface area contributed by atoms with E-state index in [-0.39, 0.29) is 6.10 Å². The molecule has 1 aromatic carbocycles. The quantitative estimate of drug-likeness (QED) is 0.351. The van der Waals surface area contributed by atoms with E-state index in [0.717, 1.165) is 70.8 Å². The predicted octanol–water partition coefficient (Wildman–Crippen LogP) is 7.37. The Kier molecular flexibility index (Phi) is 8.81. The first-order valence-corrected chi connectivity index (χ1v) is 16.0. The Morgan fingerprint density at radius 1 is 0.977 bits per heavy atom. The number of hydrogen-bond donors (Lipinski definition) is 1. The number of aryl methyl sites for hydroxylation is 2. The molecule has 8 nitrogen and oxygen atoms in total. The van der Waals surface area contributed by atoms with Gasteiger partial charge in [-0.1, -0.05) is 31.0 Å². The zero-order chi connectivity index (χ0) is 31.1. The minimum Gasteiger partial charge on any atom is -0.465 e. The highest BCUT2D eigenvalue weighted by Crippen LogP contribution is 2.50. The number of carbonyl (C=O) groups is 2. The van der Waals surface area contributed by atoms with E-state index >= 15 is 0 Å². The average Bonchev–Trinajstić information content (AvgIpc) is 3.38. The topological polar surface area (TPSA) is 92.2 Å². The molecule has 1 atom stereocenters. The van der Waals surface area contributed by atoms with Crippen LogP contribution < -0.4 is 4.90 Å². The molecule has 234 valence electrons. The molecule has 3 heterocycles. The van der Waals surface area contributed by atoms with Gasteiger partial charge < -0.3 is 24.4 Å². The highest BCUT2D eigenvalue weighted by Gasteiger charge is 2.41. The van der Waals surface area contributed by atoms with Gasteiger partial charge in [-0.3, -0.25) is 4.98 Å². The van der Waals surface area contributed by atoms with Gasteiger partial charge in [0, 0.05) is 48.7 Å². The van der Waals surface area contributed by atoms with Gasteiger partial charge in [0.25, 0.3) is 0 Å². The summed E-state index contributed by atoms with van der Waals surface area (Å²) in [7, 11) is 0. The van der Waals surface area contributed by atoms with E-state index in [4.69, 9.17) is 14.5 Å².